The second-order valence-electron chi connectivity index (χ2n) is 6.61. The van der Waals surface area contributed by atoms with E-state index in [9.17, 15) is 4.79 Å². The van der Waals surface area contributed by atoms with Crippen LogP contribution in [0.1, 0.15) is 21.8 Å². The highest BCUT2D eigenvalue weighted by Crippen LogP contribution is 2.22. The van der Waals surface area contributed by atoms with Gasteiger partial charge in [0.15, 0.2) is 0 Å². The van der Waals surface area contributed by atoms with Gasteiger partial charge in [0.2, 0.25) is 0 Å². The number of furan rings is 1. The Balaban J connectivity index is 1.48. The molecular formula is C20H20ClN3O2. The monoisotopic (exact) mass is 369 g/mol. The second-order valence-corrected chi connectivity index (χ2v) is 7.04. The van der Waals surface area contributed by atoms with Crippen molar-refractivity contribution in [2.75, 3.05) is 26.2 Å². The van der Waals surface area contributed by atoms with Gasteiger partial charge in [-0.3, -0.25) is 14.7 Å². The summed E-state index contributed by atoms with van der Waals surface area (Å²) in [5.41, 5.74) is 2.26. The standard InChI is InChI=1S/C20H20ClN3O2/c1-14-18(12-15-11-16(21)4-5-19(15)22-14)20(25)24-8-6-23(7-9-24)13-17-3-2-10-26-17/h2-5,10-12H,6-9,13H2,1H3. The van der Waals surface area contributed by atoms with Crippen molar-refractivity contribution in [3.05, 3.63) is 64.7 Å². The number of carbonyl (C=O) groups excluding carboxylic acids is 1. The molecule has 0 unspecified atom stereocenters. The van der Waals surface area contributed by atoms with Gasteiger partial charge in [-0.05, 0) is 43.3 Å². The van der Waals surface area contributed by atoms with Crippen molar-refractivity contribution in [3.63, 3.8) is 0 Å². The van der Waals surface area contributed by atoms with Gasteiger partial charge in [0, 0.05) is 36.6 Å². The van der Waals surface area contributed by atoms with Crippen LogP contribution in [0, 0.1) is 6.92 Å². The number of amides is 1. The van der Waals surface area contributed by atoms with Gasteiger partial charge < -0.3 is 9.32 Å². The molecule has 0 N–H and O–H groups in total. The smallest absolute Gasteiger partial charge is 0.255 e. The topological polar surface area (TPSA) is 49.6 Å². The minimum Gasteiger partial charge on any atom is -0.468 e. The molecular weight excluding hydrogens is 350 g/mol. The largest absolute Gasteiger partial charge is 0.468 e. The van der Waals surface area contributed by atoms with Crippen LogP contribution in [0.25, 0.3) is 10.9 Å². The molecule has 134 valence electrons. The number of piperazine rings is 1. The van der Waals surface area contributed by atoms with Gasteiger partial charge in [0.25, 0.3) is 5.91 Å². The lowest BCUT2D eigenvalue weighted by atomic mass is 10.1. The number of aryl methyl sites for hydroxylation is 1. The lowest BCUT2D eigenvalue weighted by Gasteiger charge is -2.34. The average molecular weight is 370 g/mol. The van der Waals surface area contributed by atoms with Crippen LogP contribution in [0.4, 0.5) is 0 Å². The minimum atomic E-state index is 0.0366. The van der Waals surface area contributed by atoms with Gasteiger partial charge in [0.1, 0.15) is 5.76 Å². The number of pyridine rings is 1. The number of hydrogen-bond acceptors (Lipinski definition) is 4. The summed E-state index contributed by atoms with van der Waals surface area (Å²) in [7, 11) is 0. The summed E-state index contributed by atoms with van der Waals surface area (Å²) in [5.74, 6) is 0.991. The number of rotatable bonds is 3. The van der Waals surface area contributed by atoms with Crippen molar-refractivity contribution in [2.45, 2.75) is 13.5 Å². The molecule has 1 aliphatic rings. The van der Waals surface area contributed by atoms with Crippen LogP contribution in [0.5, 0.6) is 0 Å². The first kappa shape index (κ1) is 17.1. The number of nitrogens with zero attached hydrogens (tertiary/aromatic N) is 3. The highest BCUT2D eigenvalue weighted by molar-refractivity contribution is 6.31. The Morgan fingerprint density at radius 1 is 1.19 bits per heavy atom. The molecule has 1 saturated heterocycles. The fraction of sp³-hybridized carbons (Fsp3) is 0.300. The Morgan fingerprint density at radius 2 is 2.00 bits per heavy atom. The van der Waals surface area contributed by atoms with E-state index < -0.39 is 0 Å². The molecule has 3 aromatic rings. The Hall–Kier alpha value is -2.37. The van der Waals surface area contributed by atoms with Crippen LogP contribution in [-0.2, 0) is 6.54 Å². The van der Waals surface area contributed by atoms with E-state index in [1.165, 1.54) is 0 Å². The van der Waals surface area contributed by atoms with E-state index in [0.29, 0.717) is 23.7 Å². The van der Waals surface area contributed by atoms with Crippen molar-refractivity contribution in [1.82, 2.24) is 14.8 Å². The van der Waals surface area contributed by atoms with Crippen LogP contribution >= 0.6 is 11.6 Å². The van der Waals surface area contributed by atoms with E-state index in [4.69, 9.17) is 16.0 Å². The van der Waals surface area contributed by atoms with Crippen molar-refractivity contribution >= 4 is 28.4 Å². The first-order chi connectivity index (χ1) is 12.6. The first-order valence-corrected chi connectivity index (χ1v) is 9.09. The van der Waals surface area contributed by atoms with Crippen LogP contribution in [-0.4, -0.2) is 46.9 Å². The summed E-state index contributed by atoms with van der Waals surface area (Å²) in [6.07, 6.45) is 1.69. The molecule has 0 spiro atoms. The molecule has 1 aliphatic heterocycles. The van der Waals surface area contributed by atoms with Crippen LogP contribution in [0.15, 0.2) is 47.1 Å². The summed E-state index contributed by atoms with van der Waals surface area (Å²) >= 11 is 6.08. The Bertz CT molecular complexity index is 932. The predicted molar refractivity (Wildman–Crippen MR) is 101 cm³/mol. The highest BCUT2D eigenvalue weighted by atomic mass is 35.5. The van der Waals surface area contributed by atoms with E-state index in [1.54, 1.807) is 6.26 Å². The van der Waals surface area contributed by atoms with Gasteiger partial charge >= 0.3 is 0 Å². The third-order valence-corrected chi connectivity index (χ3v) is 5.05. The number of benzene rings is 1. The molecule has 3 heterocycles. The fourth-order valence-electron chi connectivity index (χ4n) is 3.36. The average Bonchev–Trinajstić information content (AvgIpc) is 3.14. The maximum absolute atomic E-state index is 13.0. The van der Waals surface area contributed by atoms with E-state index in [0.717, 1.165) is 42.0 Å². The number of hydrogen-bond donors (Lipinski definition) is 0. The zero-order chi connectivity index (χ0) is 18.1. The molecule has 4 rings (SSSR count). The Labute approximate surface area is 157 Å². The lowest BCUT2D eigenvalue weighted by Crippen LogP contribution is -2.48. The highest BCUT2D eigenvalue weighted by Gasteiger charge is 2.24. The molecule has 26 heavy (non-hydrogen) atoms. The number of carbonyl (C=O) groups is 1. The van der Waals surface area contributed by atoms with Gasteiger partial charge in [-0.15, -0.1) is 0 Å². The zero-order valence-electron chi connectivity index (χ0n) is 14.6. The maximum Gasteiger partial charge on any atom is 0.255 e. The summed E-state index contributed by atoms with van der Waals surface area (Å²) < 4.78 is 5.40. The van der Waals surface area contributed by atoms with E-state index in [1.807, 2.05) is 48.2 Å². The molecule has 2 aromatic heterocycles. The molecule has 0 atom stereocenters. The molecule has 5 nitrogen and oxygen atoms in total. The number of aromatic nitrogens is 1. The van der Waals surface area contributed by atoms with Gasteiger partial charge in [-0.2, -0.15) is 0 Å². The zero-order valence-corrected chi connectivity index (χ0v) is 15.4. The van der Waals surface area contributed by atoms with Crippen LogP contribution in [0.2, 0.25) is 5.02 Å². The Kier molecular flexibility index (Phi) is 4.66. The molecule has 1 amide bonds. The SMILES string of the molecule is Cc1nc2ccc(Cl)cc2cc1C(=O)N1CCN(Cc2ccco2)CC1. The van der Waals surface area contributed by atoms with E-state index in [2.05, 4.69) is 9.88 Å². The summed E-state index contributed by atoms with van der Waals surface area (Å²) in [6.45, 7) is 5.73. The minimum absolute atomic E-state index is 0.0366. The van der Waals surface area contributed by atoms with Gasteiger partial charge in [-0.25, -0.2) is 0 Å². The molecule has 6 heteroatoms. The normalized spacial score (nSPS) is 15.5. The van der Waals surface area contributed by atoms with Gasteiger partial charge in [0.05, 0.1) is 29.6 Å². The predicted octanol–water partition coefficient (Wildman–Crippen LogP) is 3.75. The molecule has 1 fully saturated rings. The Morgan fingerprint density at radius 3 is 2.73 bits per heavy atom. The van der Waals surface area contributed by atoms with Crippen molar-refractivity contribution in [3.8, 4) is 0 Å². The quantitative estimate of drug-likeness (QED) is 0.705. The molecule has 1 aromatic carbocycles. The molecule has 0 saturated carbocycles. The van der Waals surface area contributed by atoms with Crippen molar-refractivity contribution in [1.29, 1.82) is 0 Å². The van der Waals surface area contributed by atoms with E-state index in [-0.39, 0.29) is 5.91 Å². The lowest BCUT2D eigenvalue weighted by molar-refractivity contribution is 0.0619. The van der Waals surface area contributed by atoms with Crippen LogP contribution in [0.3, 0.4) is 0 Å². The van der Waals surface area contributed by atoms with Crippen molar-refractivity contribution in [2.24, 2.45) is 0 Å². The molecule has 0 aliphatic carbocycles. The summed E-state index contributed by atoms with van der Waals surface area (Å²) in [6, 6.07) is 11.3. The second kappa shape index (κ2) is 7.09. The molecule has 0 radical (unpaired) electrons. The van der Waals surface area contributed by atoms with Crippen molar-refractivity contribution < 1.29 is 9.21 Å². The number of fused-ring (bicyclic) bond motifs is 1. The van der Waals surface area contributed by atoms with Gasteiger partial charge in [-0.1, -0.05) is 11.6 Å². The summed E-state index contributed by atoms with van der Waals surface area (Å²) in [4.78, 5) is 21.8. The number of halogens is 1. The summed E-state index contributed by atoms with van der Waals surface area (Å²) in [5, 5.41) is 1.54. The first-order valence-electron chi connectivity index (χ1n) is 8.71. The maximum atomic E-state index is 13.0. The van der Waals surface area contributed by atoms with Crippen LogP contribution < -0.4 is 0 Å². The third kappa shape index (κ3) is 3.45. The molecule has 0 bridgehead atoms. The fourth-order valence-corrected chi connectivity index (χ4v) is 3.54. The third-order valence-electron chi connectivity index (χ3n) is 4.82. The van der Waals surface area contributed by atoms with E-state index >= 15 is 0 Å².